The van der Waals surface area contributed by atoms with E-state index in [1.807, 2.05) is 23.7 Å². The quantitative estimate of drug-likeness (QED) is 0.559. The number of ether oxygens (including phenoxy) is 1. The molecular weight excluding hydrogens is 346 g/mol. The van der Waals surface area contributed by atoms with Gasteiger partial charge in [-0.3, -0.25) is 9.36 Å². The number of nitrogens with zero attached hydrogens (tertiary/aromatic N) is 3. The summed E-state index contributed by atoms with van der Waals surface area (Å²) in [7, 11) is 1.55. The molecule has 5 nitrogen and oxygen atoms in total. The van der Waals surface area contributed by atoms with E-state index in [-0.39, 0.29) is 5.56 Å². The molecule has 0 aliphatic carbocycles. The summed E-state index contributed by atoms with van der Waals surface area (Å²) >= 11 is 7.75. The van der Waals surface area contributed by atoms with Crippen molar-refractivity contribution in [1.82, 2.24) is 14.0 Å². The van der Waals surface area contributed by atoms with E-state index in [2.05, 4.69) is 4.98 Å². The number of fused-ring (bicyclic) bond motifs is 1. The van der Waals surface area contributed by atoms with Gasteiger partial charge in [-0.05, 0) is 29.6 Å². The van der Waals surface area contributed by atoms with E-state index in [1.54, 1.807) is 53.4 Å². The number of halogens is 1. The maximum atomic E-state index is 12.8. The molecule has 0 saturated heterocycles. The monoisotopic (exact) mass is 357 g/mol. The van der Waals surface area contributed by atoms with Gasteiger partial charge in [0.2, 0.25) is 5.65 Å². The van der Waals surface area contributed by atoms with Gasteiger partial charge in [-0.2, -0.15) is 0 Å². The number of aromatic nitrogens is 3. The van der Waals surface area contributed by atoms with E-state index in [1.165, 1.54) is 4.57 Å². The zero-order valence-corrected chi connectivity index (χ0v) is 14.2. The summed E-state index contributed by atoms with van der Waals surface area (Å²) in [6.07, 6.45) is 5.36. The van der Waals surface area contributed by atoms with E-state index in [4.69, 9.17) is 16.3 Å². The summed E-state index contributed by atoms with van der Waals surface area (Å²) in [5.74, 6) is 0.565. The molecular formula is C17H12ClN3O2S. The number of thiophene rings is 1. The molecule has 4 aromatic rings. The SMILES string of the molecule is COc1ccc(-n2ccn3cc(-c4cccs4)nc3c2=O)cc1Cl. The maximum absolute atomic E-state index is 12.8. The first-order chi connectivity index (χ1) is 11.7. The molecule has 4 rings (SSSR count). The first-order valence-corrected chi connectivity index (χ1v) is 8.41. The van der Waals surface area contributed by atoms with Crippen LogP contribution in [0.1, 0.15) is 0 Å². The molecule has 0 aliphatic rings. The fraction of sp³-hybridized carbons (Fsp3) is 0.0588. The first-order valence-electron chi connectivity index (χ1n) is 7.15. The van der Waals surface area contributed by atoms with Crippen molar-refractivity contribution < 1.29 is 4.74 Å². The molecule has 0 radical (unpaired) electrons. The summed E-state index contributed by atoms with van der Waals surface area (Å²) in [5.41, 5.74) is 1.61. The van der Waals surface area contributed by atoms with Crippen molar-refractivity contribution in [2.24, 2.45) is 0 Å². The second-order valence-electron chi connectivity index (χ2n) is 5.13. The molecule has 0 fully saturated rings. The Morgan fingerprint density at radius 1 is 1.25 bits per heavy atom. The van der Waals surface area contributed by atoms with Gasteiger partial charge in [-0.25, -0.2) is 4.98 Å². The van der Waals surface area contributed by atoms with Crippen LogP contribution in [-0.4, -0.2) is 21.1 Å². The van der Waals surface area contributed by atoms with Crippen LogP contribution in [0.3, 0.4) is 0 Å². The third-order valence-electron chi connectivity index (χ3n) is 3.71. The third kappa shape index (κ3) is 2.40. The highest BCUT2D eigenvalue weighted by atomic mass is 35.5. The van der Waals surface area contributed by atoms with Crippen LogP contribution in [0, 0.1) is 0 Å². The first kappa shape index (κ1) is 15.0. The highest BCUT2D eigenvalue weighted by Crippen LogP contribution is 2.26. The third-order valence-corrected chi connectivity index (χ3v) is 4.89. The summed E-state index contributed by atoms with van der Waals surface area (Å²) in [5, 5.41) is 2.43. The Labute approximate surface area is 146 Å². The second kappa shape index (κ2) is 5.81. The van der Waals surface area contributed by atoms with Gasteiger partial charge >= 0.3 is 0 Å². The van der Waals surface area contributed by atoms with Crippen LogP contribution in [0.15, 0.2) is 59.1 Å². The van der Waals surface area contributed by atoms with Gasteiger partial charge < -0.3 is 9.14 Å². The normalized spacial score (nSPS) is 11.1. The Morgan fingerprint density at radius 2 is 2.12 bits per heavy atom. The van der Waals surface area contributed by atoms with Gasteiger partial charge in [-0.15, -0.1) is 11.3 Å². The minimum atomic E-state index is -0.207. The van der Waals surface area contributed by atoms with Crippen LogP contribution >= 0.6 is 22.9 Å². The molecule has 0 saturated carbocycles. The van der Waals surface area contributed by atoms with Crippen LogP contribution in [0.25, 0.3) is 21.9 Å². The number of benzene rings is 1. The number of rotatable bonds is 3. The van der Waals surface area contributed by atoms with E-state index < -0.39 is 0 Å². The van der Waals surface area contributed by atoms with Gasteiger partial charge in [0.15, 0.2) is 0 Å². The van der Waals surface area contributed by atoms with Gasteiger partial charge in [0, 0.05) is 18.6 Å². The van der Waals surface area contributed by atoms with Gasteiger partial charge in [0.05, 0.1) is 28.4 Å². The maximum Gasteiger partial charge on any atom is 0.298 e. The molecule has 24 heavy (non-hydrogen) atoms. The summed E-state index contributed by atoms with van der Waals surface area (Å²) in [4.78, 5) is 18.3. The topological polar surface area (TPSA) is 48.5 Å². The lowest BCUT2D eigenvalue weighted by molar-refractivity contribution is 0.415. The molecule has 0 bridgehead atoms. The highest BCUT2D eigenvalue weighted by Gasteiger charge is 2.11. The van der Waals surface area contributed by atoms with Crippen LogP contribution in [-0.2, 0) is 0 Å². The molecule has 0 unspecified atom stereocenters. The summed E-state index contributed by atoms with van der Waals surface area (Å²) in [6.45, 7) is 0. The molecule has 0 amide bonds. The number of hydrogen-bond acceptors (Lipinski definition) is 4. The van der Waals surface area contributed by atoms with E-state index in [0.717, 1.165) is 10.6 Å². The highest BCUT2D eigenvalue weighted by molar-refractivity contribution is 7.13. The van der Waals surface area contributed by atoms with E-state index in [0.29, 0.717) is 22.1 Å². The largest absolute Gasteiger partial charge is 0.495 e. The van der Waals surface area contributed by atoms with Crippen molar-refractivity contribution in [2.75, 3.05) is 7.11 Å². The van der Waals surface area contributed by atoms with Crippen molar-refractivity contribution in [3.63, 3.8) is 0 Å². The van der Waals surface area contributed by atoms with Crippen molar-refractivity contribution >= 4 is 28.6 Å². The predicted octanol–water partition coefficient (Wildman–Crippen LogP) is 3.88. The fourth-order valence-corrected chi connectivity index (χ4v) is 3.46. The van der Waals surface area contributed by atoms with Crippen LogP contribution in [0.5, 0.6) is 5.75 Å². The minimum absolute atomic E-state index is 0.207. The molecule has 3 aromatic heterocycles. The summed E-state index contributed by atoms with van der Waals surface area (Å²) in [6, 6.07) is 9.15. The van der Waals surface area contributed by atoms with Gasteiger partial charge in [0.25, 0.3) is 5.56 Å². The molecule has 7 heteroatoms. The zero-order chi connectivity index (χ0) is 16.7. The lowest BCUT2D eigenvalue weighted by Gasteiger charge is -2.08. The van der Waals surface area contributed by atoms with Crippen molar-refractivity contribution in [2.45, 2.75) is 0 Å². The van der Waals surface area contributed by atoms with Crippen molar-refractivity contribution in [1.29, 1.82) is 0 Å². The number of methoxy groups -OCH3 is 1. The lowest BCUT2D eigenvalue weighted by atomic mass is 10.3. The van der Waals surface area contributed by atoms with E-state index in [9.17, 15) is 4.79 Å². The van der Waals surface area contributed by atoms with Crippen LogP contribution in [0.4, 0.5) is 0 Å². The Morgan fingerprint density at radius 3 is 2.83 bits per heavy atom. The molecule has 0 N–H and O–H groups in total. The lowest BCUT2D eigenvalue weighted by Crippen LogP contribution is -2.19. The van der Waals surface area contributed by atoms with Crippen LogP contribution < -0.4 is 10.3 Å². The second-order valence-corrected chi connectivity index (χ2v) is 6.48. The Hall–Kier alpha value is -2.57. The van der Waals surface area contributed by atoms with Crippen molar-refractivity contribution in [3.8, 4) is 22.0 Å². The predicted molar refractivity (Wildman–Crippen MR) is 95.7 cm³/mol. The Kier molecular flexibility index (Phi) is 3.63. The Bertz CT molecular complexity index is 1080. The summed E-state index contributed by atoms with van der Waals surface area (Å²) < 4.78 is 8.40. The number of imidazole rings is 1. The molecule has 120 valence electrons. The molecule has 0 aliphatic heterocycles. The fourth-order valence-electron chi connectivity index (χ4n) is 2.53. The Balaban J connectivity index is 1.87. The number of hydrogen-bond donors (Lipinski definition) is 0. The minimum Gasteiger partial charge on any atom is -0.495 e. The van der Waals surface area contributed by atoms with Gasteiger partial charge in [0.1, 0.15) is 5.75 Å². The standard InChI is InChI=1S/C17H12ClN3O2S/c1-23-14-5-4-11(9-12(14)18)21-7-6-20-10-13(15-3-2-8-24-15)19-16(20)17(21)22/h2-10H,1H3. The molecule has 0 atom stereocenters. The van der Waals surface area contributed by atoms with Gasteiger partial charge in [-0.1, -0.05) is 17.7 Å². The average molecular weight is 358 g/mol. The smallest absolute Gasteiger partial charge is 0.298 e. The van der Waals surface area contributed by atoms with Crippen LogP contribution in [0.2, 0.25) is 5.02 Å². The van der Waals surface area contributed by atoms with Crippen molar-refractivity contribution in [3.05, 3.63) is 69.7 Å². The van der Waals surface area contributed by atoms with E-state index >= 15 is 0 Å². The molecule has 3 heterocycles. The molecule has 0 spiro atoms. The molecule has 1 aromatic carbocycles. The average Bonchev–Trinajstić information content (AvgIpc) is 3.24. The zero-order valence-electron chi connectivity index (χ0n) is 12.6.